The minimum atomic E-state index is 0. The molecule has 2 heterocycles. The van der Waals surface area contributed by atoms with Crippen molar-refractivity contribution >= 4 is 34.0 Å². The van der Waals surface area contributed by atoms with Gasteiger partial charge >= 0.3 is 0 Å². The summed E-state index contributed by atoms with van der Waals surface area (Å²) in [6.07, 6.45) is 1.11. The fourth-order valence-corrected chi connectivity index (χ4v) is 3.73. The predicted octanol–water partition coefficient (Wildman–Crippen LogP) is 3.20. The molecule has 3 rings (SSSR count). The lowest BCUT2D eigenvalue weighted by molar-refractivity contribution is 0.158. The molecular formula is C15H22ClN3S. The Bertz CT molecular complexity index is 584. The second-order valence-corrected chi connectivity index (χ2v) is 6.93. The second-order valence-electron chi connectivity index (χ2n) is 5.70. The summed E-state index contributed by atoms with van der Waals surface area (Å²) in [5.41, 5.74) is 8.59. The van der Waals surface area contributed by atoms with E-state index in [0.717, 1.165) is 36.6 Å². The topological polar surface area (TPSA) is 42.2 Å². The number of nitrogens with two attached hydrogens (primary N) is 1. The number of aryl methyl sites for hydroxylation is 1. The highest BCUT2D eigenvalue weighted by Crippen LogP contribution is 2.24. The number of hydrogen-bond acceptors (Lipinski definition) is 4. The predicted molar refractivity (Wildman–Crippen MR) is 88.6 cm³/mol. The van der Waals surface area contributed by atoms with Gasteiger partial charge in [0.2, 0.25) is 0 Å². The number of halogens is 1. The molecule has 20 heavy (non-hydrogen) atoms. The van der Waals surface area contributed by atoms with Crippen LogP contribution in [0.3, 0.4) is 0 Å². The number of hydrogen-bond donors (Lipinski definition) is 1. The highest BCUT2D eigenvalue weighted by molar-refractivity contribution is 7.18. The number of piperidine rings is 1. The molecule has 5 heteroatoms. The number of aromatic nitrogens is 1. The number of likely N-dealkylation sites (tertiary alicyclic amines) is 1. The van der Waals surface area contributed by atoms with E-state index in [1.807, 2.05) is 0 Å². The molecule has 3 nitrogen and oxygen atoms in total. The van der Waals surface area contributed by atoms with Crippen LogP contribution in [0.25, 0.3) is 10.2 Å². The molecule has 0 bridgehead atoms. The van der Waals surface area contributed by atoms with Crippen LogP contribution in [0.15, 0.2) is 18.2 Å². The van der Waals surface area contributed by atoms with E-state index in [0.29, 0.717) is 12.0 Å². The minimum Gasteiger partial charge on any atom is -0.327 e. The number of nitrogens with zero attached hydrogens (tertiary/aromatic N) is 2. The molecule has 0 spiro atoms. The molecule has 1 aromatic heterocycles. The second kappa shape index (κ2) is 6.39. The average molecular weight is 312 g/mol. The van der Waals surface area contributed by atoms with Crippen molar-refractivity contribution in [3.05, 3.63) is 28.8 Å². The molecule has 2 atom stereocenters. The molecule has 0 saturated carbocycles. The van der Waals surface area contributed by atoms with Crippen LogP contribution < -0.4 is 5.73 Å². The molecule has 1 aliphatic heterocycles. The third-order valence-corrected chi connectivity index (χ3v) is 4.96. The summed E-state index contributed by atoms with van der Waals surface area (Å²) < 4.78 is 1.30. The Balaban J connectivity index is 0.00000147. The summed E-state index contributed by atoms with van der Waals surface area (Å²) in [5, 5.41) is 1.14. The maximum Gasteiger partial charge on any atom is 0.0907 e. The van der Waals surface area contributed by atoms with Crippen molar-refractivity contribution in [2.75, 3.05) is 13.1 Å². The third kappa shape index (κ3) is 3.31. The standard InChI is InChI=1S/C15H21N3S.ClH/c1-10-8-18(6-5-13(10)16)9-12-3-4-14-15(7-12)19-11(2)17-14;/h3-4,7,10,13H,5-6,8-9,16H2,1-2H3;1H. The molecule has 0 aliphatic carbocycles. The van der Waals surface area contributed by atoms with E-state index >= 15 is 0 Å². The van der Waals surface area contributed by atoms with Gasteiger partial charge < -0.3 is 5.73 Å². The van der Waals surface area contributed by atoms with Gasteiger partial charge in [-0.05, 0) is 43.5 Å². The number of thiazole rings is 1. The maximum absolute atomic E-state index is 6.08. The van der Waals surface area contributed by atoms with E-state index in [1.54, 1.807) is 11.3 Å². The van der Waals surface area contributed by atoms with Gasteiger partial charge in [0.15, 0.2) is 0 Å². The molecule has 1 saturated heterocycles. The Kier molecular flexibility index (Phi) is 5.02. The van der Waals surface area contributed by atoms with E-state index in [2.05, 4.69) is 41.9 Å². The summed E-state index contributed by atoms with van der Waals surface area (Å²) in [4.78, 5) is 7.03. The minimum absolute atomic E-state index is 0. The summed E-state index contributed by atoms with van der Waals surface area (Å²) in [7, 11) is 0. The Hall–Kier alpha value is -0.680. The number of benzene rings is 1. The third-order valence-electron chi connectivity index (χ3n) is 4.02. The Morgan fingerprint density at radius 3 is 3.00 bits per heavy atom. The first-order valence-electron chi connectivity index (χ1n) is 6.96. The van der Waals surface area contributed by atoms with Gasteiger partial charge in [0.25, 0.3) is 0 Å². The summed E-state index contributed by atoms with van der Waals surface area (Å²) in [6, 6.07) is 7.02. The van der Waals surface area contributed by atoms with E-state index in [9.17, 15) is 0 Å². The monoisotopic (exact) mass is 311 g/mol. The van der Waals surface area contributed by atoms with Gasteiger partial charge in [0, 0.05) is 19.1 Å². The molecule has 2 N–H and O–H groups in total. The molecule has 110 valence electrons. The molecule has 1 aromatic carbocycles. The molecule has 0 amide bonds. The first-order chi connectivity index (χ1) is 9.11. The van der Waals surface area contributed by atoms with Crippen LogP contribution >= 0.6 is 23.7 Å². The lowest BCUT2D eigenvalue weighted by Crippen LogP contribution is -2.45. The highest BCUT2D eigenvalue weighted by atomic mass is 35.5. The van der Waals surface area contributed by atoms with E-state index in [1.165, 1.54) is 10.3 Å². The van der Waals surface area contributed by atoms with Gasteiger partial charge in [-0.25, -0.2) is 4.98 Å². The lowest BCUT2D eigenvalue weighted by atomic mass is 9.94. The van der Waals surface area contributed by atoms with Crippen LogP contribution in [0.2, 0.25) is 0 Å². The van der Waals surface area contributed by atoms with Crippen molar-refractivity contribution in [1.82, 2.24) is 9.88 Å². The van der Waals surface area contributed by atoms with Gasteiger partial charge in [-0.15, -0.1) is 23.7 Å². The first-order valence-corrected chi connectivity index (χ1v) is 7.77. The number of rotatable bonds is 2. The van der Waals surface area contributed by atoms with Gasteiger partial charge in [-0.3, -0.25) is 4.90 Å². The Morgan fingerprint density at radius 2 is 2.25 bits per heavy atom. The zero-order chi connectivity index (χ0) is 13.4. The molecule has 1 fully saturated rings. The fraction of sp³-hybridized carbons (Fsp3) is 0.533. The van der Waals surface area contributed by atoms with Gasteiger partial charge in [0.1, 0.15) is 0 Å². The van der Waals surface area contributed by atoms with Crippen molar-refractivity contribution in [3.63, 3.8) is 0 Å². The van der Waals surface area contributed by atoms with Crippen LogP contribution in [-0.4, -0.2) is 29.0 Å². The van der Waals surface area contributed by atoms with Crippen molar-refractivity contribution in [3.8, 4) is 0 Å². The van der Waals surface area contributed by atoms with Crippen LogP contribution in [-0.2, 0) is 6.54 Å². The number of fused-ring (bicyclic) bond motifs is 1. The average Bonchev–Trinajstić information content (AvgIpc) is 2.73. The van der Waals surface area contributed by atoms with Gasteiger partial charge in [-0.2, -0.15) is 0 Å². The summed E-state index contributed by atoms with van der Waals surface area (Å²) in [6.45, 7) is 7.58. The quantitative estimate of drug-likeness (QED) is 0.926. The van der Waals surface area contributed by atoms with E-state index in [4.69, 9.17) is 5.73 Å². The van der Waals surface area contributed by atoms with E-state index in [-0.39, 0.29) is 12.4 Å². The lowest BCUT2D eigenvalue weighted by Gasteiger charge is -2.35. The molecule has 0 radical (unpaired) electrons. The largest absolute Gasteiger partial charge is 0.327 e. The molecule has 1 aliphatic rings. The van der Waals surface area contributed by atoms with E-state index < -0.39 is 0 Å². The molecule has 2 unspecified atom stereocenters. The maximum atomic E-state index is 6.08. The SMILES string of the molecule is Cc1nc2ccc(CN3CCC(N)C(C)C3)cc2s1.Cl. The smallest absolute Gasteiger partial charge is 0.0907 e. The highest BCUT2D eigenvalue weighted by Gasteiger charge is 2.22. The van der Waals surface area contributed by atoms with Crippen molar-refractivity contribution < 1.29 is 0 Å². The van der Waals surface area contributed by atoms with Crippen molar-refractivity contribution in [2.45, 2.75) is 32.9 Å². The first kappa shape index (κ1) is 15.7. The van der Waals surface area contributed by atoms with Crippen LogP contribution in [0, 0.1) is 12.8 Å². The van der Waals surface area contributed by atoms with Gasteiger partial charge in [-0.1, -0.05) is 13.0 Å². The summed E-state index contributed by atoms with van der Waals surface area (Å²) in [5.74, 6) is 0.600. The normalized spacial score (nSPS) is 23.8. The van der Waals surface area contributed by atoms with Crippen LogP contribution in [0.4, 0.5) is 0 Å². The zero-order valence-corrected chi connectivity index (χ0v) is 13.6. The zero-order valence-electron chi connectivity index (χ0n) is 12.0. The van der Waals surface area contributed by atoms with Gasteiger partial charge in [0.05, 0.1) is 15.2 Å². The molecular weight excluding hydrogens is 290 g/mol. The Morgan fingerprint density at radius 1 is 1.45 bits per heavy atom. The van der Waals surface area contributed by atoms with Crippen LogP contribution in [0.5, 0.6) is 0 Å². The Labute approximate surface area is 130 Å². The fourth-order valence-electron chi connectivity index (χ4n) is 2.83. The summed E-state index contributed by atoms with van der Waals surface area (Å²) >= 11 is 1.78. The van der Waals surface area contributed by atoms with Crippen molar-refractivity contribution in [1.29, 1.82) is 0 Å². The van der Waals surface area contributed by atoms with Crippen molar-refractivity contribution in [2.24, 2.45) is 11.7 Å². The van der Waals surface area contributed by atoms with Crippen LogP contribution in [0.1, 0.15) is 23.9 Å². The molecule has 2 aromatic rings.